The van der Waals surface area contributed by atoms with E-state index in [1.807, 2.05) is 6.07 Å². The highest BCUT2D eigenvalue weighted by Crippen LogP contribution is 2.34. The molecule has 0 bridgehead atoms. The van der Waals surface area contributed by atoms with Gasteiger partial charge in [0.15, 0.2) is 0 Å². The third-order valence-corrected chi connectivity index (χ3v) is 3.87. The van der Waals surface area contributed by atoms with Crippen molar-refractivity contribution in [3.63, 3.8) is 0 Å². The highest BCUT2D eigenvalue weighted by Gasteiger charge is 2.27. The zero-order chi connectivity index (χ0) is 13.3. The lowest BCUT2D eigenvalue weighted by Gasteiger charge is -2.40. The van der Waals surface area contributed by atoms with Gasteiger partial charge in [-0.25, -0.2) is 4.39 Å². The summed E-state index contributed by atoms with van der Waals surface area (Å²) in [4.78, 5) is 2.12. The van der Waals surface area contributed by atoms with Crippen LogP contribution in [0.15, 0.2) is 18.2 Å². The lowest BCUT2D eigenvalue weighted by Crippen LogP contribution is -2.42. The van der Waals surface area contributed by atoms with Gasteiger partial charge in [-0.1, -0.05) is 19.1 Å². The molecular weight excluding hydrogens is 229 g/mol. The summed E-state index contributed by atoms with van der Waals surface area (Å²) < 4.78 is 14.1. The van der Waals surface area contributed by atoms with Crippen molar-refractivity contribution >= 4 is 5.69 Å². The lowest BCUT2D eigenvalue weighted by atomic mass is 9.93. The SMILES string of the molecule is CC1CCC(C)N(c2c(F)cccc2C(C)O)C1. The molecule has 3 unspecified atom stereocenters. The Morgan fingerprint density at radius 1 is 1.33 bits per heavy atom. The Hall–Kier alpha value is -1.09. The van der Waals surface area contributed by atoms with Gasteiger partial charge in [-0.2, -0.15) is 0 Å². The molecule has 0 saturated carbocycles. The fourth-order valence-corrected chi connectivity index (χ4v) is 2.77. The molecule has 1 aromatic carbocycles. The Balaban J connectivity index is 2.42. The number of nitrogens with zero attached hydrogens (tertiary/aromatic N) is 1. The number of benzene rings is 1. The molecule has 0 aliphatic carbocycles. The highest BCUT2D eigenvalue weighted by atomic mass is 19.1. The second-order valence-corrected chi connectivity index (χ2v) is 5.54. The van der Waals surface area contributed by atoms with Gasteiger partial charge in [-0.05, 0) is 38.7 Å². The number of para-hydroxylation sites is 1. The first kappa shape index (κ1) is 13.3. The second-order valence-electron chi connectivity index (χ2n) is 5.54. The minimum Gasteiger partial charge on any atom is -0.389 e. The smallest absolute Gasteiger partial charge is 0.146 e. The van der Waals surface area contributed by atoms with Gasteiger partial charge in [0.2, 0.25) is 0 Å². The Labute approximate surface area is 108 Å². The third kappa shape index (κ3) is 2.51. The zero-order valence-electron chi connectivity index (χ0n) is 11.4. The molecule has 1 aliphatic heterocycles. The van der Waals surface area contributed by atoms with Gasteiger partial charge in [-0.3, -0.25) is 0 Å². The van der Waals surface area contributed by atoms with Gasteiger partial charge in [0.1, 0.15) is 5.82 Å². The molecule has 1 saturated heterocycles. The van der Waals surface area contributed by atoms with Crippen molar-refractivity contribution in [1.82, 2.24) is 0 Å². The molecule has 1 heterocycles. The maximum absolute atomic E-state index is 14.1. The minimum atomic E-state index is -0.639. The maximum Gasteiger partial charge on any atom is 0.146 e. The lowest BCUT2D eigenvalue weighted by molar-refractivity contribution is 0.198. The molecule has 3 heteroatoms. The molecule has 3 atom stereocenters. The van der Waals surface area contributed by atoms with E-state index < -0.39 is 6.10 Å². The minimum absolute atomic E-state index is 0.227. The molecule has 18 heavy (non-hydrogen) atoms. The van der Waals surface area contributed by atoms with Gasteiger partial charge in [-0.15, -0.1) is 0 Å². The highest BCUT2D eigenvalue weighted by molar-refractivity contribution is 5.56. The normalized spacial score (nSPS) is 26.2. The number of halogens is 1. The molecule has 1 N–H and O–H groups in total. The van der Waals surface area contributed by atoms with Gasteiger partial charge < -0.3 is 10.0 Å². The van der Waals surface area contributed by atoms with Gasteiger partial charge in [0.25, 0.3) is 0 Å². The second kappa shape index (κ2) is 5.27. The van der Waals surface area contributed by atoms with E-state index in [0.717, 1.165) is 13.0 Å². The molecule has 2 rings (SSSR count). The molecule has 100 valence electrons. The molecule has 1 fully saturated rings. The molecule has 0 amide bonds. The quantitative estimate of drug-likeness (QED) is 0.869. The standard InChI is InChI=1S/C15H22FNO/c1-10-7-8-11(2)17(9-10)15-13(12(3)18)5-4-6-14(15)16/h4-6,10-12,18H,7-9H2,1-3H3. The first-order valence-corrected chi connectivity index (χ1v) is 6.73. The molecule has 1 aromatic rings. The van der Waals surface area contributed by atoms with Crippen LogP contribution in [-0.2, 0) is 0 Å². The number of hydrogen-bond donors (Lipinski definition) is 1. The number of anilines is 1. The van der Waals surface area contributed by atoms with Crippen LogP contribution < -0.4 is 4.90 Å². The molecular formula is C15H22FNO. The fraction of sp³-hybridized carbons (Fsp3) is 0.600. The van der Waals surface area contributed by atoms with E-state index in [4.69, 9.17) is 0 Å². The number of aliphatic hydroxyl groups excluding tert-OH is 1. The first-order chi connectivity index (χ1) is 8.50. The van der Waals surface area contributed by atoms with E-state index in [-0.39, 0.29) is 5.82 Å². The van der Waals surface area contributed by atoms with Crippen LogP contribution in [0.4, 0.5) is 10.1 Å². The van der Waals surface area contributed by atoms with Crippen LogP contribution in [0.1, 0.15) is 45.3 Å². The van der Waals surface area contributed by atoms with Crippen molar-refractivity contribution in [2.45, 2.75) is 45.8 Å². The number of hydrogen-bond acceptors (Lipinski definition) is 2. The van der Waals surface area contributed by atoms with Crippen molar-refractivity contribution < 1.29 is 9.50 Å². The van der Waals surface area contributed by atoms with Crippen molar-refractivity contribution in [1.29, 1.82) is 0 Å². The average Bonchev–Trinajstić information content (AvgIpc) is 2.32. The summed E-state index contributed by atoms with van der Waals surface area (Å²) in [6.07, 6.45) is 1.63. The summed E-state index contributed by atoms with van der Waals surface area (Å²) in [6.45, 7) is 6.88. The summed E-state index contributed by atoms with van der Waals surface area (Å²) in [5, 5.41) is 9.82. The fourth-order valence-electron chi connectivity index (χ4n) is 2.77. The molecule has 0 spiro atoms. The Bertz CT molecular complexity index is 419. The number of aliphatic hydroxyl groups is 1. The van der Waals surface area contributed by atoms with E-state index >= 15 is 0 Å². The van der Waals surface area contributed by atoms with E-state index in [0.29, 0.717) is 23.2 Å². The van der Waals surface area contributed by atoms with Crippen LogP contribution in [0.5, 0.6) is 0 Å². The summed E-state index contributed by atoms with van der Waals surface area (Å²) >= 11 is 0. The monoisotopic (exact) mass is 251 g/mol. The summed E-state index contributed by atoms with van der Waals surface area (Å²) in [7, 11) is 0. The van der Waals surface area contributed by atoms with Crippen LogP contribution in [0, 0.1) is 11.7 Å². The van der Waals surface area contributed by atoms with Crippen molar-refractivity contribution in [3.05, 3.63) is 29.6 Å². The average molecular weight is 251 g/mol. The van der Waals surface area contributed by atoms with Crippen LogP contribution in [0.25, 0.3) is 0 Å². The van der Waals surface area contributed by atoms with Gasteiger partial charge >= 0.3 is 0 Å². The topological polar surface area (TPSA) is 23.5 Å². The number of rotatable bonds is 2. The Morgan fingerprint density at radius 2 is 2.06 bits per heavy atom. The van der Waals surface area contributed by atoms with E-state index in [1.54, 1.807) is 13.0 Å². The van der Waals surface area contributed by atoms with Crippen LogP contribution in [0.2, 0.25) is 0 Å². The summed E-state index contributed by atoms with van der Waals surface area (Å²) in [5.74, 6) is 0.344. The summed E-state index contributed by atoms with van der Waals surface area (Å²) in [6, 6.07) is 5.29. The predicted octanol–water partition coefficient (Wildman–Crippen LogP) is 3.50. The Kier molecular flexibility index (Phi) is 3.91. The zero-order valence-corrected chi connectivity index (χ0v) is 11.4. The van der Waals surface area contributed by atoms with Crippen molar-refractivity contribution in [2.75, 3.05) is 11.4 Å². The van der Waals surface area contributed by atoms with E-state index in [1.165, 1.54) is 12.5 Å². The van der Waals surface area contributed by atoms with Crippen molar-refractivity contribution in [3.8, 4) is 0 Å². The van der Waals surface area contributed by atoms with Crippen LogP contribution >= 0.6 is 0 Å². The van der Waals surface area contributed by atoms with E-state index in [9.17, 15) is 9.50 Å². The third-order valence-electron chi connectivity index (χ3n) is 3.87. The maximum atomic E-state index is 14.1. The predicted molar refractivity (Wildman–Crippen MR) is 72.2 cm³/mol. The van der Waals surface area contributed by atoms with Crippen LogP contribution in [-0.4, -0.2) is 17.7 Å². The van der Waals surface area contributed by atoms with Crippen LogP contribution in [0.3, 0.4) is 0 Å². The summed E-state index contributed by atoms with van der Waals surface area (Å²) in [5.41, 5.74) is 1.28. The molecule has 2 nitrogen and oxygen atoms in total. The largest absolute Gasteiger partial charge is 0.389 e. The van der Waals surface area contributed by atoms with Gasteiger partial charge in [0.05, 0.1) is 11.8 Å². The molecule has 0 radical (unpaired) electrons. The van der Waals surface area contributed by atoms with Gasteiger partial charge in [0, 0.05) is 18.2 Å². The van der Waals surface area contributed by atoms with E-state index in [2.05, 4.69) is 18.7 Å². The van der Waals surface area contributed by atoms with Crippen molar-refractivity contribution in [2.24, 2.45) is 5.92 Å². The first-order valence-electron chi connectivity index (χ1n) is 6.73. The molecule has 1 aliphatic rings. The molecule has 0 aromatic heterocycles. The Morgan fingerprint density at radius 3 is 2.72 bits per heavy atom. The number of piperidine rings is 1.